The van der Waals surface area contributed by atoms with Gasteiger partial charge in [0.15, 0.2) is 0 Å². The van der Waals surface area contributed by atoms with Crippen LogP contribution in [0.2, 0.25) is 0 Å². The molecule has 0 heterocycles. The van der Waals surface area contributed by atoms with Crippen molar-refractivity contribution in [2.45, 2.75) is 135 Å². The molecule has 0 saturated heterocycles. The fourth-order valence-electron chi connectivity index (χ4n) is 7.89. The van der Waals surface area contributed by atoms with E-state index in [1.54, 1.807) is 27.6 Å². The van der Waals surface area contributed by atoms with Crippen molar-refractivity contribution in [3.8, 4) is 22.3 Å². The minimum atomic E-state index is -0.120. The van der Waals surface area contributed by atoms with Crippen LogP contribution in [0.3, 0.4) is 0 Å². The molecule has 0 bridgehead atoms. The predicted molar refractivity (Wildman–Crippen MR) is 210 cm³/mol. The molecule has 0 atom stereocenters. The number of anilines is 1. The van der Waals surface area contributed by atoms with Crippen molar-refractivity contribution in [2.75, 3.05) is 5.73 Å². The molecule has 267 valence electrons. The summed E-state index contributed by atoms with van der Waals surface area (Å²) in [6, 6.07) is 33.6. The molecular formula is C45H59ClNPPd-. The van der Waals surface area contributed by atoms with Gasteiger partial charge in [-0.25, -0.2) is 0 Å². The summed E-state index contributed by atoms with van der Waals surface area (Å²) in [5.41, 5.74) is 18.4. The molecule has 0 unspecified atom stereocenters. The van der Waals surface area contributed by atoms with Crippen LogP contribution in [0, 0.1) is 6.07 Å². The summed E-state index contributed by atoms with van der Waals surface area (Å²) in [4.78, 5) is 0. The predicted octanol–water partition coefficient (Wildman–Crippen LogP) is 10.2. The minimum Gasteiger partial charge on any atom is -1.00 e. The summed E-state index contributed by atoms with van der Waals surface area (Å²) >= 11 is 0. The first-order valence-electron chi connectivity index (χ1n) is 18.6. The molecule has 0 amide bonds. The maximum atomic E-state index is 5.83. The first kappa shape index (κ1) is 41.5. The Morgan fingerprint density at radius 3 is 1.57 bits per heavy atom. The minimum absolute atomic E-state index is 0. The number of nitrogen functional groups attached to an aromatic ring is 1. The van der Waals surface area contributed by atoms with E-state index in [1.807, 2.05) is 48.5 Å². The van der Waals surface area contributed by atoms with Crippen LogP contribution in [0.4, 0.5) is 5.69 Å². The Kier molecular flexibility index (Phi) is 17.1. The zero-order valence-corrected chi connectivity index (χ0v) is 34.0. The second kappa shape index (κ2) is 20.2. The SMILES string of the molecule is CC(C)c1cc(C(C)C)c(-c2ccccc2P(C2CCCCC2)C2CCCCC2)c(C(C)C)c1.Nc1ccccc1-c1[c]cccc1.[Cl-].[Pd]. The molecule has 2 fully saturated rings. The first-order valence-corrected chi connectivity index (χ1v) is 20.1. The Labute approximate surface area is 320 Å². The normalized spacial score (nSPS) is 15.5. The average molecular weight is 787 g/mol. The quantitative estimate of drug-likeness (QED) is 0.107. The maximum Gasteiger partial charge on any atom is 0.0393 e. The Morgan fingerprint density at radius 2 is 1.10 bits per heavy atom. The topological polar surface area (TPSA) is 26.0 Å². The zero-order chi connectivity index (χ0) is 33.3. The van der Waals surface area contributed by atoms with Gasteiger partial charge in [-0.15, -0.1) is 0 Å². The van der Waals surface area contributed by atoms with E-state index < -0.39 is 0 Å². The summed E-state index contributed by atoms with van der Waals surface area (Å²) in [5.74, 6) is 1.64. The third-order valence-electron chi connectivity index (χ3n) is 10.5. The van der Waals surface area contributed by atoms with Gasteiger partial charge in [0.05, 0.1) is 0 Å². The molecule has 6 rings (SSSR count). The van der Waals surface area contributed by atoms with Gasteiger partial charge in [0.2, 0.25) is 0 Å². The number of rotatable bonds is 8. The van der Waals surface area contributed by atoms with E-state index in [0.717, 1.165) is 28.1 Å². The standard InChI is InChI=1S/C33H49P.C12H10N.ClH.Pd/c1-23(2)26-21-30(24(3)4)33(31(22-26)25(5)6)29-19-13-14-20-32(29)34(27-15-9-7-10-16-27)28-17-11-8-12-18-28;13-12-9-5-4-8-11(12)10-6-2-1-3-7-10;;/h13-14,19-25,27-28H,7-12,15-18H2,1-6H3;1-6,8-9H,13H2;1H;/p-1. The Bertz CT molecular complexity index is 1510. The smallest absolute Gasteiger partial charge is 0.0393 e. The van der Waals surface area contributed by atoms with Crippen LogP contribution in [0.25, 0.3) is 22.3 Å². The van der Waals surface area contributed by atoms with Crippen LogP contribution in [-0.2, 0) is 20.4 Å². The van der Waals surface area contributed by atoms with Gasteiger partial charge in [0, 0.05) is 31.7 Å². The first-order chi connectivity index (χ1) is 22.8. The molecule has 0 aromatic heterocycles. The molecule has 2 saturated carbocycles. The van der Waals surface area contributed by atoms with Crippen molar-refractivity contribution in [2.24, 2.45) is 0 Å². The second-order valence-electron chi connectivity index (χ2n) is 14.9. The average Bonchev–Trinajstić information content (AvgIpc) is 3.10. The van der Waals surface area contributed by atoms with E-state index >= 15 is 0 Å². The molecule has 2 N–H and O–H groups in total. The number of benzene rings is 4. The molecule has 1 nitrogen and oxygen atoms in total. The van der Waals surface area contributed by atoms with Crippen molar-refractivity contribution in [1.82, 2.24) is 0 Å². The molecule has 1 radical (unpaired) electrons. The number of hydrogen-bond donors (Lipinski definition) is 1. The van der Waals surface area contributed by atoms with E-state index in [-0.39, 0.29) is 40.8 Å². The van der Waals surface area contributed by atoms with Gasteiger partial charge in [-0.05, 0) is 106 Å². The molecule has 49 heavy (non-hydrogen) atoms. The van der Waals surface area contributed by atoms with Crippen LogP contribution in [-0.4, -0.2) is 11.3 Å². The number of halogens is 1. The van der Waals surface area contributed by atoms with Gasteiger partial charge in [-0.2, -0.15) is 0 Å². The third kappa shape index (κ3) is 10.6. The zero-order valence-electron chi connectivity index (χ0n) is 30.8. The van der Waals surface area contributed by atoms with Crippen molar-refractivity contribution in [3.63, 3.8) is 0 Å². The van der Waals surface area contributed by atoms with E-state index in [0.29, 0.717) is 17.8 Å². The summed E-state index contributed by atoms with van der Waals surface area (Å²) in [6.07, 6.45) is 14.6. The Balaban J connectivity index is 0.000000364. The van der Waals surface area contributed by atoms with Crippen molar-refractivity contribution in [3.05, 3.63) is 108 Å². The van der Waals surface area contributed by atoms with E-state index in [1.165, 1.54) is 69.8 Å². The Morgan fingerprint density at radius 1 is 0.612 bits per heavy atom. The monoisotopic (exact) mass is 785 g/mol. The molecule has 2 aliphatic rings. The fourth-order valence-corrected chi connectivity index (χ4v) is 11.8. The van der Waals surface area contributed by atoms with Crippen LogP contribution in [0.1, 0.15) is 140 Å². The van der Waals surface area contributed by atoms with Crippen molar-refractivity contribution >= 4 is 18.9 Å². The molecule has 0 spiro atoms. The molecule has 4 aromatic rings. The van der Waals surface area contributed by atoms with Crippen LogP contribution in [0.5, 0.6) is 0 Å². The van der Waals surface area contributed by atoms with Gasteiger partial charge in [0.25, 0.3) is 0 Å². The fraction of sp³-hybridized carbons (Fsp3) is 0.467. The molecule has 0 aliphatic heterocycles. The third-order valence-corrected chi connectivity index (χ3v) is 14.0. The number of nitrogens with two attached hydrogens (primary N) is 1. The second-order valence-corrected chi connectivity index (χ2v) is 17.7. The van der Waals surface area contributed by atoms with E-state index in [2.05, 4.69) is 84.0 Å². The van der Waals surface area contributed by atoms with E-state index in [4.69, 9.17) is 5.73 Å². The molecule has 4 aromatic carbocycles. The van der Waals surface area contributed by atoms with Gasteiger partial charge >= 0.3 is 0 Å². The summed E-state index contributed by atoms with van der Waals surface area (Å²) in [5, 5.41) is 1.75. The molecule has 2 aliphatic carbocycles. The summed E-state index contributed by atoms with van der Waals surface area (Å²) in [7, 11) is -0.120. The maximum absolute atomic E-state index is 5.83. The number of para-hydroxylation sites is 1. The van der Waals surface area contributed by atoms with Crippen molar-refractivity contribution in [1.29, 1.82) is 0 Å². The van der Waals surface area contributed by atoms with Gasteiger partial charge < -0.3 is 18.1 Å². The largest absolute Gasteiger partial charge is 1.00 e. The van der Waals surface area contributed by atoms with E-state index in [9.17, 15) is 0 Å². The molecule has 4 heteroatoms. The summed E-state index contributed by atoms with van der Waals surface area (Å²) < 4.78 is 0. The summed E-state index contributed by atoms with van der Waals surface area (Å²) in [6.45, 7) is 14.3. The Hall–Kier alpha value is -1.94. The van der Waals surface area contributed by atoms with Gasteiger partial charge in [-0.1, -0.05) is 167 Å². The van der Waals surface area contributed by atoms with Crippen LogP contribution >= 0.6 is 7.92 Å². The van der Waals surface area contributed by atoms with Crippen molar-refractivity contribution < 1.29 is 32.8 Å². The van der Waals surface area contributed by atoms with Gasteiger partial charge in [-0.3, -0.25) is 0 Å². The molecular weight excluding hydrogens is 727 g/mol. The number of hydrogen-bond acceptors (Lipinski definition) is 1. The van der Waals surface area contributed by atoms with Gasteiger partial charge in [0.1, 0.15) is 0 Å². The van der Waals surface area contributed by atoms with Crippen LogP contribution < -0.4 is 23.4 Å². The van der Waals surface area contributed by atoms with Crippen LogP contribution in [0.15, 0.2) is 84.9 Å².